The lowest BCUT2D eigenvalue weighted by molar-refractivity contribution is -0.115. The van der Waals surface area contributed by atoms with Crippen molar-refractivity contribution in [2.75, 3.05) is 5.32 Å². The van der Waals surface area contributed by atoms with Crippen LogP contribution in [0.2, 0.25) is 0 Å². The molecule has 5 nitrogen and oxygen atoms in total. The molecule has 2 aromatic heterocycles. The Hall–Kier alpha value is -1.64. The number of aryl methyl sites for hydroxylation is 1. The van der Waals surface area contributed by atoms with Crippen molar-refractivity contribution in [3.05, 3.63) is 44.8 Å². The average Bonchev–Trinajstić information content (AvgIpc) is 3.08. The molecule has 0 fully saturated rings. The maximum Gasteiger partial charge on any atom is 0.232 e. The van der Waals surface area contributed by atoms with Crippen LogP contribution in [0.25, 0.3) is 10.6 Å². The molecule has 0 aliphatic heterocycles. The molecule has 22 heavy (non-hydrogen) atoms. The molecule has 1 amide bonds. The lowest BCUT2D eigenvalue weighted by atomic mass is 10.2. The first-order valence-corrected chi connectivity index (χ1v) is 8.89. The van der Waals surface area contributed by atoms with E-state index in [1.807, 2.05) is 36.6 Å². The number of thiazole rings is 1. The summed E-state index contributed by atoms with van der Waals surface area (Å²) in [5.41, 5.74) is 1.78. The molecule has 1 N–H and O–H groups in total. The van der Waals surface area contributed by atoms with Gasteiger partial charge in [0.15, 0.2) is 0 Å². The van der Waals surface area contributed by atoms with Crippen LogP contribution in [0.5, 0.6) is 0 Å². The third-order valence-electron chi connectivity index (χ3n) is 2.74. The van der Waals surface area contributed by atoms with Crippen molar-refractivity contribution >= 4 is 49.6 Å². The molecule has 8 heteroatoms. The zero-order valence-electron chi connectivity index (χ0n) is 11.5. The van der Waals surface area contributed by atoms with Gasteiger partial charge in [0, 0.05) is 15.4 Å². The van der Waals surface area contributed by atoms with Gasteiger partial charge in [-0.2, -0.15) is 0 Å². The number of rotatable bonds is 4. The first-order chi connectivity index (χ1) is 10.6. The number of amides is 1. The second-order valence-corrected chi connectivity index (χ2v) is 7.46. The summed E-state index contributed by atoms with van der Waals surface area (Å²) < 4.78 is 1.01. The van der Waals surface area contributed by atoms with Crippen LogP contribution in [0.4, 0.5) is 5.13 Å². The number of nitrogens with one attached hydrogen (secondary N) is 1. The zero-order chi connectivity index (χ0) is 15.5. The van der Waals surface area contributed by atoms with Crippen molar-refractivity contribution in [3.8, 4) is 10.6 Å². The van der Waals surface area contributed by atoms with Gasteiger partial charge in [0.25, 0.3) is 0 Å². The number of hydrogen-bond donors (Lipinski definition) is 1. The number of benzene rings is 1. The summed E-state index contributed by atoms with van der Waals surface area (Å²) in [5, 5.41) is 14.6. The molecule has 2 heterocycles. The van der Waals surface area contributed by atoms with Gasteiger partial charge >= 0.3 is 0 Å². The largest absolute Gasteiger partial charge is 0.300 e. The lowest BCUT2D eigenvalue weighted by Gasteiger charge is -1.99. The van der Waals surface area contributed by atoms with Crippen molar-refractivity contribution in [1.29, 1.82) is 0 Å². The Kier molecular flexibility index (Phi) is 4.60. The summed E-state index contributed by atoms with van der Waals surface area (Å²) in [6, 6.07) is 7.94. The molecule has 3 rings (SSSR count). The van der Waals surface area contributed by atoms with Gasteiger partial charge in [0.2, 0.25) is 11.0 Å². The second kappa shape index (κ2) is 6.64. The van der Waals surface area contributed by atoms with E-state index in [0.717, 1.165) is 25.7 Å². The van der Waals surface area contributed by atoms with Crippen LogP contribution in [0.3, 0.4) is 0 Å². The van der Waals surface area contributed by atoms with E-state index in [-0.39, 0.29) is 12.3 Å². The van der Waals surface area contributed by atoms with Gasteiger partial charge in [0.1, 0.15) is 10.0 Å². The Balaban J connectivity index is 1.67. The fourth-order valence-electron chi connectivity index (χ4n) is 1.82. The minimum Gasteiger partial charge on any atom is -0.300 e. The van der Waals surface area contributed by atoms with Gasteiger partial charge in [-0.3, -0.25) is 4.79 Å². The fourth-order valence-corrected chi connectivity index (χ4v) is 3.64. The summed E-state index contributed by atoms with van der Waals surface area (Å²) in [4.78, 5) is 16.5. The van der Waals surface area contributed by atoms with Crippen molar-refractivity contribution in [2.45, 2.75) is 13.3 Å². The minimum atomic E-state index is -0.137. The molecule has 0 spiro atoms. The standard InChI is InChI=1S/C14H11BrN4OS2/c1-8-18-19-14(22-8)17-12(20)6-11-7-21-13(16-11)9-3-2-4-10(15)5-9/h2-5,7H,6H2,1H3,(H,17,19,20). The van der Waals surface area contributed by atoms with E-state index in [1.54, 1.807) is 0 Å². The lowest BCUT2D eigenvalue weighted by Crippen LogP contribution is -2.14. The number of halogens is 1. The number of carbonyl (C=O) groups excluding carboxylic acids is 1. The average molecular weight is 395 g/mol. The number of aromatic nitrogens is 3. The number of nitrogens with zero attached hydrogens (tertiary/aromatic N) is 3. The van der Waals surface area contributed by atoms with Crippen LogP contribution in [0.15, 0.2) is 34.1 Å². The predicted octanol–water partition coefficient (Wildman–Crippen LogP) is 3.91. The first kappa shape index (κ1) is 15.3. The van der Waals surface area contributed by atoms with E-state index in [4.69, 9.17) is 0 Å². The van der Waals surface area contributed by atoms with Gasteiger partial charge in [0.05, 0.1) is 12.1 Å². The molecular weight excluding hydrogens is 384 g/mol. The van der Waals surface area contributed by atoms with Gasteiger partial charge in [-0.15, -0.1) is 21.5 Å². The van der Waals surface area contributed by atoms with Crippen LogP contribution >= 0.6 is 38.6 Å². The maximum absolute atomic E-state index is 12.0. The van der Waals surface area contributed by atoms with Crippen LogP contribution in [-0.2, 0) is 11.2 Å². The van der Waals surface area contributed by atoms with Gasteiger partial charge in [-0.25, -0.2) is 4.98 Å². The molecule has 3 aromatic rings. The van der Waals surface area contributed by atoms with E-state index in [9.17, 15) is 4.79 Å². The molecule has 0 aliphatic carbocycles. The van der Waals surface area contributed by atoms with Gasteiger partial charge < -0.3 is 5.32 Å². The molecule has 0 unspecified atom stereocenters. The van der Waals surface area contributed by atoms with Crippen molar-refractivity contribution in [3.63, 3.8) is 0 Å². The Bertz CT molecular complexity index is 815. The second-order valence-electron chi connectivity index (χ2n) is 4.51. The molecule has 0 atom stereocenters. The highest BCUT2D eigenvalue weighted by atomic mass is 79.9. The van der Waals surface area contributed by atoms with Crippen molar-refractivity contribution in [2.24, 2.45) is 0 Å². The van der Waals surface area contributed by atoms with E-state index in [1.165, 1.54) is 22.7 Å². The Morgan fingerprint density at radius 3 is 2.95 bits per heavy atom. The number of carbonyl (C=O) groups is 1. The van der Waals surface area contributed by atoms with E-state index in [2.05, 4.69) is 36.4 Å². The third-order valence-corrected chi connectivity index (χ3v) is 4.92. The van der Waals surface area contributed by atoms with Crippen LogP contribution < -0.4 is 5.32 Å². The molecule has 112 valence electrons. The fraction of sp³-hybridized carbons (Fsp3) is 0.143. The molecule has 0 saturated heterocycles. The number of hydrogen-bond acceptors (Lipinski definition) is 6. The monoisotopic (exact) mass is 394 g/mol. The topological polar surface area (TPSA) is 67.8 Å². The summed E-state index contributed by atoms with van der Waals surface area (Å²) in [6.07, 6.45) is 0.225. The normalized spacial score (nSPS) is 10.6. The minimum absolute atomic E-state index is 0.137. The summed E-state index contributed by atoms with van der Waals surface area (Å²) >= 11 is 6.33. The van der Waals surface area contributed by atoms with Crippen molar-refractivity contribution < 1.29 is 4.79 Å². The van der Waals surface area contributed by atoms with E-state index in [0.29, 0.717) is 5.13 Å². The number of anilines is 1. The summed E-state index contributed by atoms with van der Waals surface area (Å²) in [7, 11) is 0. The molecule has 0 radical (unpaired) electrons. The van der Waals surface area contributed by atoms with Crippen LogP contribution in [-0.4, -0.2) is 21.1 Å². The zero-order valence-corrected chi connectivity index (χ0v) is 14.8. The Morgan fingerprint density at radius 2 is 2.23 bits per heavy atom. The van der Waals surface area contributed by atoms with Crippen molar-refractivity contribution in [1.82, 2.24) is 15.2 Å². The van der Waals surface area contributed by atoms with Crippen LogP contribution in [0, 0.1) is 6.92 Å². The molecule has 0 saturated carbocycles. The van der Waals surface area contributed by atoms with E-state index >= 15 is 0 Å². The Morgan fingerprint density at radius 1 is 1.36 bits per heavy atom. The van der Waals surface area contributed by atoms with Gasteiger partial charge in [-0.05, 0) is 19.1 Å². The smallest absolute Gasteiger partial charge is 0.232 e. The molecule has 0 bridgehead atoms. The van der Waals surface area contributed by atoms with Crippen LogP contribution in [0.1, 0.15) is 10.7 Å². The molecule has 0 aliphatic rings. The quantitative estimate of drug-likeness (QED) is 0.727. The van der Waals surface area contributed by atoms with Gasteiger partial charge in [-0.1, -0.05) is 39.4 Å². The summed E-state index contributed by atoms with van der Waals surface area (Å²) in [6.45, 7) is 1.85. The maximum atomic E-state index is 12.0. The van der Waals surface area contributed by atoms with E-state index < -0.39 is 0 Å². The predicted molar refractivity (Wildman–Crippen MR) is 92.2 cm³/mol. The molecule has 1 aromatic carbocycles. The highest BCUT2D eigenvalue weighted by Gasteiger charge is 2.11. The molecular formula is C14H11BrN4OS2. The Labute approximate surface area is 143 Å². The third kappa shape index (κ3) is 3.76. The SMILES string of the molecule is Cc1nnc(NC(=O)Cc2csc(-c3cccc(Br)c3)n2)s1. The summed E-state index contributed by atoms with van der Waals surface area (Å²) in [5.74, 6) is -0.137. The first-order valence-electron chi connectivity index (χ1n) is 6.40. The highest BCUT2D eigenvalue weighted by molar-refractivity contribution is 9.10. The highest BCUT2D eigenvalue weighted by Crippen LogP contribution is 2.26.